The van der Waals surface area contributed by atoms with Crippen molar-refractivity contribution < 1.29 is 14.4 Å². The normalized spacial score (nSPS) is 25.4. The van der Waals surface area contributed by atoms with Crippen molar-refractivity contribution in [3.8, 4) is 5.75 Å². The molecule has 4 atom stereocenters. The molecule has 3 rings (SSSR count). The molecule has 136 valence electrons. The molecule has 0 radical (unpaired) electrons. The molecule has 1 aliphatic heterocycles. The molecule has 2 aromatic carbocycles. The van der Waals surface area contributed by atoms with Crippen molar-refractivity contribution >= 4 is 0 Å². The maximum Gasteiger partial charge on any atom is 0.249 e. The Bertz CT molecular complexity index is 744. The molecule has 0 unspecified atom stereocenters. The Labute approximate surface area is 153 Å². The van der Waals surface area contributed by atoms with E-state index in [1.54, 1.807) is 13.2 Å². The van der Waals surface area contributed by atoms with E-state index in [1.807, 2.05) is 54.6 Å². The molecule has 0 spiro atoms. The second kappa shape index (κ2) is 8.15. The second-order valence-electron chi connectivity index (χ2n) is 6.55. The lowest BCUT2D eigenvalue weighted by Crippen LogP contribution is -2.44. The number of methoxy groups -OCH3 is 1. The van der Waals surface area contributed by atoms with Gasteiger partial charge in [0, 0.05) is 10.8 Å². The molecule has 26 heavy (non-hydrogen) atoms. The average Bonchev–Trinajstić information content (AvgIpc) is 2.68. The van der Waals surface area contributed by atoms with Crippen molar-refractivity contribution in [2.45, 2.75) is 31.1 Å². The van der Waals surface area contributed by atoms with Gasteiger partial charge in [-0.25, -0.2) is 0 Å². The van der Waals surface area contributed by atoms with E-state index in [9.17, 15) is 10.1 Å². The van der Waals surface area contributed by atoms with E-state index in [2.05, 4.69) is 6.58 Å². The first-order valence-corrected chi connectivity index (χ1v) is 8.71. The Morgan fingerprint density at radius 2 is 1.92 bits per heavy atom. The van der Waals surface area contributed by atoms with Gasteiger partial charge in [0.25, 0.3) is 0 Å². The lowest BCUT2D eigenvalue weighted by atomic mass is 9.83. The van der Waals surface area contributed by atoms with Gasteiger partial charge >= 0.3 is 0 Å². The maximum absolute atomic E-state index is 11.7. The highest BCUT2D eigenvalue weighted by molar-refractivity contribution is 5.28. The third kappa shape index (κ3) is 3.94. The molecule has 1 fully saturated rings. The van der Waals surface area contributed by atoms with E-state index in [0.717, 1.165) is 16.9 Å². The van der Waals surface area contributed by atoms with E-state index in [0.29, 0.717) is 12.8 Å². The van der Waals surface area contributed by atoms with Crippen LogP contribution in [0.25, 0.3) is 0 Å². The summed E-state index contributed by atoms with van der Waals surface area (Å²) in [4.78, 5) is 11.5. The summed E-state index contributed by atoms with van der Waals surface area (Å²) >= 11 is 0. The van der Waals surface area contributed by atoms with Gasteiger partial charge in [-0.1, -0.05) is 48.5 Å². The first-order chi connectivity index (χ1) is 12.6. The van der Waals surface area contributed by atoms with Crippen LogP contribution in [0.3, 0.4) is 0 Å². The lowest BCUT2D eigenvalue weighted by molar-refractivity contribution is -0.551. The van der Waals surface area contributed by atoms with Crippen molar-refractivity contribution in [1.29, 1.82) is 0 Å². The lowest BCUT2D eigenvalue weighted by Gasteiger charge is -2.36. The Balaban J connectivity index is 1.84. The third-order valence-corrected chi connectivity index (χ3v) is 4.92. The molecule has 2 aromatic rings. The molecule has 1 heterocycles. The maximum atomic E-state index is 11.7. The fraction of sp³-hybridized carbons (Fsp3) is 0.333. The topological polar surface area (TPSA) is 61.6 Å². The minimum absolute atomic E-state index is 0.104. The monoisotopic (exact) mass is 353 g/mol. The average molecular weight is 353 g/mol. The zero-order valence-corrected chi connectivity index (χ0v) is 14.8. The van der Waals surface area contributed by atoms with Crippen LogP contribution in [0.2, 0.25) is 0 Å². The van der Waals surface area contributed by atoms with Crippen LogP contribution in [0.1, 0.15) is 23.7 Å². The van der Waals surface area contributed by atoms with Gasteiger partial charge in [0.2, 0.25) is 6.04 Å². The first-order valence-electron chi connectivity index (χ1n) is 8.71. The standard InChI is InChI=1S/C21H23NO4/c1-3-16-14-19(13-15-9-11-18(25-2)12-10-15)26-21(20(16)22(23)24)17-7-5-4-6-8-17/h3-12,16,19-21H,1,13-14H2,2H3/t16-,19+,20-,21-/m0/s1. The molecule has 0 N–H and O–H groups in total. The van der Waals surface area contributed by atoms with Crippen molar-refractivity contribution in [3.05, 3.63) is 88.5 Å². The van der Waals surface area contributed by atoms with Gasteiger partial charge in [0.1, 0.15) is 5.75 Å². The van der Waals surface area contributed by atoms with Crippen LogP contribution in [0.5, 0.6) is 5.75 Å². The smallest absolute Gasteiger partial charge is 0.249 e. The highest BCUT2D eigenvalue weighted by Crippen LogP contribution is 2.38. The van der Waals surface area contributed by atoms with Crippen molar-refractivity contribution in [2.24, 2.45) is 5.92 Å². The highest BCUT2D eigenvalue weighted by Gasteiger charge is 2.45. The molecule has 0 saturated carbocycles. The van der Waals surface area contributed by atoms with Gasteiger partial charge in [-0.2, -0.15) is 0 Å². The van der Waals surface area contributed by atoms with Gasteiger partial charge in [-0.15, -0.1) is 6.58 Å². The van der Waals surface area contributed by atoms with Gasteiger partial charge < -0.3 is 9.47 Å². The van der Waals surface area contributed by atoms with Crippen molar-refractivity contribution in [3.63, 3.8) is 0 Å². The number of ether oxygens (including phenoxy) is 2. The van der Waals surface area contributed by atoms with Crippen LogP contribution < -0.4 is 4.74 Å². The van der Waals surface area contributed by atoms with E-state index in [4.69, 9.17) is 9.47 Å². The number of rotatable bonds is 6. The summed E-state index contributed by atoms with van der Waals surface area (Å²) < 4.78 is 11.4. The summed E-state index contributed by atoms with van der Waals surface area (Å²) in [6.07, 6.45) is 2.30. The van der Waals surface area contributed by atoms with Crippen LogP contribution in [0.15, 0.2) is 67.3 Å². The number of hydrogen-bond donors (Lipinski definition) is 0. The number of nitro groups is 1. The molecule has 0 aliphatic carbocycles. The van der Waals surface area contributed by atoms with Gasteiger partial charge in [0.15, 0.2) is 6.10 Å². The van der Waals surface area contributed by atoms with Gasteiger partial charge in [-0.05, 0) is 36.1 Å². The summed E-state index contributed by atoms with van der Waals surface area (Å²) in [6, 6.07) is 16.4. The molecule has 1 aliphatic rings. The quantitative estimate of drug-likeness (QED) is 0.443. The summed E-state index contributed by atoms with van der Waals surface area (Å²) in [5.41, 5.74) is 1.95. The first kappa shape index (κ1) is 18.1. The summed E-state index contributed by atoms with van der Waals surface area (Å²) in [5.74, 6) is 0.574. The fourth-order valence-electron chi connectivity index (χ4n) is 3.59. The van der Waals surface area contributed by atoms with Gasteiger partial charge in [0.05, 0.1) is 13.2 Å². The van der Waals surface area contributed by atoms with Crippen LogP contribution in [-0.4, -0.2) is 24.2 Å². The second-order valence-corrected chi connectivity index (χ2v) is 6.55. The van der Waals surface area contributed by atoms with Gasteiger partial charge in [-0.3, -0.25) is 10.1 Å². The Kier molecular flexibility index (Phi) is 5.68. The number of hydrogen-bond acceptors (Lipinski definition) is 4. The molecule has 0 amide bonds. The summed E-state index contributed by atoms with van der Waals surface area (Å²) in [7, 11) is 1.64. The summed E-state index contributed by atoms with van der Waals surface area (Å²) in [5, 5.41) is 11.7. The molecule has 0 aromatic heterocycles. The van der Waals surface area contributed by atoms with Crippen LogP contribution in [0.4, 0.5) is 0 Å². The van der Waals surface area contributed by atoms with E-state index in [1.165, 1.54) is 0 Å². The molecule has 5 nitrogen and oxygen atoms in total. The Morgan fingerprint density at radius 3 is 2.50 bits per heavy atom. The zero-order chi connectivity index (χ0) is 18.5. The molecular weight excluding hydrogens is 330 g/mol. The fourth-order valence-corrected chi connectivity index (χ4v) is 3.59. The van der Waals surface area contributed by atoms with E-state index in [-0.39, 0.29) is 16.9 Å². The number of nitrogens with zero attached hydrogens (tertiary/aromatic N) is 1. The van der Waals surface area contributed by atoms with Crippen LogP contribution in [-0.2, 0) is 11.2 Å². The predicted molar refractivity (Wildman–Crippen MR) is 99.8 cm³/mol. The van der Waals surface area contributed by atoms with Crippen LogP contribution >= 0.6 is 0 Å². The van der Waals surface area contributed by atoms with Crippen molar-refractivity contribution in [1.82, 2.24) is 0 Å². The predicted octanol–water partition coefficient (Wildman–Crippen LogP) is 4.22. The molecule has 5 heteroatoms. The summed E-state index contributed by atoms with van der Waals surface area (Å²) in [6.45, 7) is 3.83. The largest absolute Gasteiger partial charge is 0.497 e. The minimum atomic E-state index is -0.818. The highest BCUT2D eigenvalue weighted by atomic mass is 16.6. The van der Waals surface area contributed by atoms with Crippen LogP contribution in [0, 0.1) is 16.0 Å². The SMILES string of the molecule is C=C[C@H]1C[C@@H](Cc2ccc(OC)cc2)O[C@@H](c2ccccc2)[C@H]1[N+](=O)[O-]. The molecule has 0 bridgehead atoms. The Morgan fingerprint density at radius 1 is 1.23 bits per heavy atom. The van der Waals surface area contributed by atoms with E-state index < -0.39 is 12.1 Å². The minimum Gasteiger partial charge on any atom is -0.497 e. The molecular formula is C21H23NO4. The van der Waals surface area contributed by atoms with E-state index >= 15 is 0 Å². The third-order valence-electron chi connectivity index (χ3n) is 4.92. The zero-order valence-electron chi connectivity index (χ0n) is 14.8. The Hall–Kier alpha value is -2.66. The number of benzene rings is 2. The molecule has 1 saturated heterocycles. The van der Waals surface area contributed by atoms with Crippen molar-refractivity contribution in [2.75, 3.05) is 7.11 Å².